The molecule has 0 fully saturated rings. The van der Waals surface area contributed by atoms with E-state index in [-0.39, 0.29) is 10.7 Å². The molecule has 3 aromatic rings. The number of pyridine rings is 2. The minimum atomic E-state index is 0.0875. The van der Waals surface area contributed by atoms with Gasteiger partial charge in [0.2, 0.25) is 5.95 Å². The maximum atomic E-state index is 9.29. The van der Waals surface area contributed by atoms with E-state index in [0.29, 0.717) is 24.9 Å². The molecule has 0 aromatic carbocycles. The summed E-state index contributed by atoms with van der Waals surface area (Å²) >= 11 is 6.11. The summed E-state index contributed by atoms with van der Waals surface area (Å²) in [5, 5.41) is 15.5. The number of nitriles is 1. The monoisotopic (exact) mass is 351 g/mol. The number of rotatable bonds is 6. The average Bonchev–Trinajstić information content (AvgIpc) is 2.66. The molecule has 0 aliphatic carbocycles. The molecule has 8 heteroatoms. The van der Waals surface area contributed by atoms with E-state index in [4.69, 9.17) is 11.6 Å². The third-order valence-corrected chi connectivity index (χ3v) is 3.57. The molecule has 0 amide bonds. The number of halogens is 1. The van der Waals surface area contributed by atoms with Crippen LogP contribution >= 0.6 is 11.6 Å². The van der Waals surface area contributed by atoms with Gasteiger partial charge in [0.1, 0.15) is 11.6 Å². The van der Waals surface area contributed by atoms with Crippen molar-refractivity contribution in [3.63, 3.8) is 0 Å². The SMILES string of the molecule is N#Cc1c(Cl)nc(NCc2ccccn2)nc1NCc1ccccn1. The summed E-state index contributed by atoms with van der Waals surface area (Å²) in [6.07, 6.45) is 3.42. The van der Waals surface area contributed by atoms with Gasteiger partial charge in [0.15, 0.2) is 11.0 Å². The molecular formula is C17H14ClN7. The minimum absolute atomic E-state index is 0.0875. The molecule has 3 rings (SSSR count). The Morgan fingerprint density at radius 1 is 0.920 bits per heavy atom. The summed E-state index contributed by atoms with van der Waals surface area (Å²) in [5.74, 6) is 0.676. The number of anilines is 2. The molecule has 124 valence electrons. The van der Waals surface area contributed by atoms with Crippen LogP contribution in [0.25, 0.3) is 0 Å². The van der Waals surface area contributed by atoms with Gasteiger partial charge in [-0.25, -0.2) is 0 Å². The van der Waals surface area contributed by atoms with Crippen LogP contribution in [0.2, 0.25) is 5.15 Å². The van der Waals surface area contributed by atoms with Crippen molar-refractivity contribution in [1.82, 2.24) is 19.9 Å². The van der Waals surface area contributed by atoms with Gasteiger partial charge in [-0.15, -0.1) is 0 Å². The van der Waals surface area contributed by atoms with E-state index in [0.717, 1.165) is 11.4 Å². The van der Waals surface area contributed by atoms with E-state index < -0.39 is 0 Å². The minimum Gasteiger partial charge on any atom is -0.363 e. The molecule has 0 saturated carbocycles. The Bertz CT molecular complexity index is 879. The molecule has 3 heterocycles. The van der Waals surface area contributed by atoms with Crippen LogP contribution in [0.1, 0.15) is 17.0 Å². The van der Waals surface area contributed by atoms with E-state index in [9.17, 15) is 5.26 Å². The Labute approximate surface area is 149 Å². The number of nitrogens with one attached hydrogen (secondary N) is 2. The normalized spacial score (nSPS) is 10.1. The van der Waals surface area contributed by atoms with Crippen molar-refractivity contribution in [2.75, 3.05) is 10.6 Å². The molecule has 0 radical (unpaired) electrons. The first-order chi connectivity index (χ1) is 12.3. The lowest BCUT2D eigenvalue weighted by molar-refractivity contribution is 0.983. The lowest BCUT2D eigenvalue weighted by atomic mass is 10.3. The molecule has 0 unspecified atom stereocenters. The smallest absolute Gasteiger partial charge is 0.226 e. The van der Waals surface area contributed by atoms with Crippen LogP contribution < -0.4 is 10.6 Å². The van der Waals surface area contributed by atoms with E-state index in [1.54, 1.807) is 12.4 Å². The predicted octanol–water partition coefficient (Wildman–Crippen LogP) is 3.02. The van der Waals surface area contributed by atoms with Crippen molar-refractivity contribution in [3.8, 4) is 6.07 Å². The zero-order valence-corrected chi connectivity index (χ0v) is 13.9. The molecule has 0 bridgehead atoms. The molecule has 0 aliphatic rings. The van der Waals surface area contributed by atoms with Crippen LogP contribution in [0.4, 0.5) is 11.8 Å². The lowest BCUT2D eigenvalue weighted by Gasteiger charge is -2.11. The summed E-state index contributed by atoms with van der Waals surface area (Å²) in [7, 11) is 0. The molecule has 0 saturated heterocycles. The van der Waals surface area contributed by atoms with Crippen molar-refractivity contribution in [2.45, 2.75) is 13.1 Å². The third-order valence-electron chi connectivity index (χ3n) is 3.29. The van der Waals surface area contributed by atoms with Gasteiger partial charge < -0.3 is 10.6 Å². The topological polar surface area (TPSA) is 99.4 Å². The largest absolute Gasteiger partial charge is 0.363 e. The molecule has 2 N–H and O–H groups in total. The Balaban J connectivity index is 1.76. The van der Waals surface area contributed by atoms with Crippen LogP contribution in [0.3, 0.4) is 0 Å². The Kier molecular flexibility index (Phi) is 5.34. The quantitative estimate of drug-likeness (QED) is 0.658. The average molecular weight is 352 g/mol. The van der Waals surface area contributed by atoms with Gasteiger partial charge >= 0.3 is 0 Å². The summed E-state index contributed by atoms with van der Waals surface area (Å²) in [6, 6.07) is 13.3. The Morgan fingerprint density at radius 2 is 1.56 bits per heavy atom. The molecule has 0 aliphatic heterocycles. The number of hydrogen-bond donors (Lipinski definition) is 2. The number of hydrogen-bond acceptors (Lipinski definition) is 7. The van der Waals surface area contributed by atoms with Crippen molar-refractivity contribution in [2.24, 2.45) is 0 Å². The van der Waals surface area contributed by atoms with E-state index >= 15 is 0 Å². The van der Waals surface area contributed by atoms with Crippen molar-refractivity contribution < 1.29 is 0 Å². The van der Waals surface area contributed by atoms with E-state index in [1.165, 1.54) is 0 Å². The maximum Gasteiger partial charge on any atom is 0.226 e. The number of nitrogens with zero attached hydrogens (tertiary/aromatic N) is 5. The zero-order valence-electron chi connectivity index (χ0n) is 13.1. The second kappa shape index (κ2) is 8.04. The van der Waals surface area contributed by atoms with Gasteiger partial charge in [-0.1, -0.05) is 23.7 Å². The zero-order chi connectivity index (χ0) is 17.5. The highest BCUT2D eigenvalue weighted by Gasteiger charge is 2.13. The first-order valence-corrected chi connectivity index (χ1v) is 7.89. The standard InChI is InChI=1S/C17H14ClN7/c18-15-14(9-19)16(22-10-12-5-1-3-7-20-12)25-17(24-15)23-11-13-6-2-4-8-21-13/h1-8H,10-11H2,(H2,22,23,24,25). The highest BCUT2D eigenvalue weighted by Crippen LogP contribution is 2.22. The fraction of sp³-hybridized carbons (Fsp3) is 0.118. The molecule has 3 aromatic heterocycles. The highest BCUT2D eigenvalue weighted by atomic mass is 35.5. The summed E-state index contributed by atoms with van der Waals surface area (Å²) < 4.78 is 0. The van der Waals surface area contributed by atoms with Gasteiger partial charge in [-0.05, 0) is 24.3 Å². The van der Waals surface area contributed by atoms with Gasteiger partial charge in [-0.3, -0.25) is 9.97 Å². The number of aromatic nitrogens is 4. The van der Waals surface area contributed by atoms with Crippen LogP contribution in [-0.4, -0.2) is 19.9 Å². The molecule has 0 spiro atoms. The Hall–Kier alpha value is -3.24. The molecule has 25 heavy (non-hydrogen) atoms. The first kappa shape index (κ1) is 16.6. The Morgan fingerprint density at radius 3 is 2.12 bits per heavy atom. The van der Waals surface area contributed by atoms with E-state index in [1.807, 2.05) is 42.5 Å². The van der Waals surface area contributed by atoms with Crippen LogP contribution in [0.5, 0.6) is 0 Å². The fourth-order valence-corrected chi connectivity index (χ4v) is 2.30. The molecular weight excluding hydrogens is 338 g/mol. The highest BCUT2D eigenvalue weighted by molar-refractivity contribution is 6.31. The van der Waals surface area contributed by atoms with Crippen LogP contribution in [0, 0.1) is 11.3 Å². The molecule has 0 atom stereocenters. The van der Waals surface area contributed by atoms with Gasteiger partial charge in [0.05, 0.1) is 24.5 Å². The summed E-state index contributed by atoms with van der Waals surface area (Å²) in [4.78, 5) is 16.9. The van der Waals surface area contributed by atoms with E-state index in [2.05, 4.69) is 30.6 Å². The lowest BCUT2D eigenvalue weighted by Crippen LogP contribution is -2.10. The van der Waals surface area contributed by atoms with Crippen molar-refractivity contribution in [1.29, 1.82) is 5.26 Å². The first-order valence-electron chi connectivity index (χ1n) is 7.51. The second-order valence-electron chi connectivity index (χ2n) is 5.02. The maximum absolute atomic E-state index is 9.29. The summed E-state index contributed by atoms with van der Waals surface area (Å²) in [6.45, 7) is 0.866. The predicted molar refractivity (Wildman–Crippen MR) is 94.9 cm³/mol. The molecule has 7 nitrogen and oxygen atoms in total. The van der Waals surface area contributed by atoms with Crippen LogP contribution in [0.15, 0.2) is 48.8 Å². The summed E-state index contributed by atoms with van der Waals surface area (Å²) in [5.41, 5.74) is 1.86. The van der Waals surface area contributed by atoms with Crippen LogP contribution in [-0.2, 0) is 13.1 Å². The fourth-order valence-electron chi connectivity index (χ4n) is 2.09. The third kappa shape index (κ3) is 4.40. The van der Waals surface area contributed by atoms with Gasteiger partial charge in [0, 0.05) is 12.4 Å². The van der Waals surface area contributed by atoms with Crippen molar-refractivity contribution in [3.05, 3.63) is 70.9 Å². The van der Waals surface area contributed by atoms with Gasteiger partial charge in [-0.2, -0.15) is 15.2 Å². The van der Waals surface area contributed by atoms with Crippen molar-refractivity contribution >= 4 is 23.4 Å². The second-order valence-corrected chi connectivity index (χ2v) is 5.38. The van der Waals surface area contributed by atoms with Gasteiger partial charge in [0.25, 0.3) is 0 Å².